The Morgan fingerprint density at radius 3 is 3.11 bits per heavy atom. The Bertz CT molecular complexity index is 222. The van der Waals surface area contributed by atoms with E-state index in [9.17, 15) is 0 Å². The van der Waals surface area contributed by atoms with Crippen molar-refractivity contribution in [2.75, 3.05) is 0 Å². The summed E-state index contributed by atoms with van der Waals surface area (Å²) in [6, 6.07) is 0. The number of hydrogen-bond acceptors (Lipinski definition) is 4. The van der Waals surface area contributed by atoms with E-state index in [0.29, 0.717) is 0 Å². The normalized spacial score (nSPS) is 10.8. The van der Waals surface area contributed by atoms with Crippen molar-refractivity contribution in [2.45, 2.75) is 0 Å². The standard InChI is InChI=1S/C4H3BrN2OS/c5-4-6-1-3(9-4)2-7-8/h1-2,8H/b7-2+. The fourth-order valence-corrected chi connectivity index (χ4v) is 1.55. The van der Waals surface area contributed by atoms with Crippen molar-refractivity contribution < 1.29 is 5.21 Å². The molecule has 0 radical (unpaired) electrons. The highest BCUT2D eigenvalue weighted by Gasteiger charge is 1.93. The molecule has 1 aromatic heterocycles. The average Bonchev–Trinajstić information content (AvgIpc) is 2.17. The van der Waals surface area contributed by atoms with Crippen molar-refractivity contribution in [3.05, 3.63) is 15.0 Å². The van der Waals surface area contributed by atoms with Crippen molar-refractivity contribution in [2.24, 2.45) is 5.16 Å². The van der Waals surface area contributed by atoms with E-state index < -0.39 is 0 Å². The highest BCUT2D eigenvalue weighted by molar-refractivity contribution is 9.11. The Hall–Kier alpha value is -0.420. The molecule has 0 saturated carbocycles. The van der Waals surface area contributed by atoms with Gasteiger partial charge < -0.3 is 5.21 Å². The molecule has 1 rings (SSSR count). The fraction of sp³-hybridized carbons (Fsp3) is 0. The molecule has 0 spiro atoms. The minimum atomic E-state index is 0.789. The van der Waals surface area contributed by atoms with Crippen LogP contribution in [0, 0.1) is 0 Å². The Kier molecular flexibility index (Phi) is 2.18. The molecule has 9 heavy (non-hydrogen) atoms. The van der Waals surface area contributed by atoms with Gasteiger partial charge in [-0.15, -0.1) is 11.3 Å². The van der Waals surface area contributed by atoms with Gasteiger partial charge in [0, 0.05) is 6.20 Å². The van der Waals surface area contributed by atoms with E-state index >= 15 is 0 Å². The highest BCUT2D eigenvalue weighted by Crippen LogP contribution is 2.16. The van der Waals surface area contributed by atoms with Gasteiger partial charge in [-0.1, -0.05) is 5.16 Å². The molecule has 0 aliphatic heterocycles. The van der Waals surface area contributed by atoms with Crippen LogP contribution in [0.25, 0.3) is 0 Å². The van der Waals surface area contributed by atoms with E-state index in [0.717, 1.165) is 8.79 Å². The largest absolute Gasteiger partial charge is 0.411 e. The van der Waals surface area contributed by atoms with Crippen LogP contribution in [0.1, 0.15) is 4.88 Å². The maximum absolute atomic E-state index is 8.06. The topological polar surface area (TPSA) is 45.5 Å². The first-order chi connectivity index (χ1) is 4.33. The summed E-state index contributed by atoms with van der Waals surface area (Å²) in [5, 5.41) is 10.9. The lowest BCUT2D eigenvalue weighted by Crippen LogP contribution is -1.68. The molecule has 0 aromatic carbocycles. The summed E-state index contributed by atoms with van der Waals surface area (Å²) in [6.07, 6.45) is 2.96. The number of rotatable bonds is 1. The van der Waals surface area contributed by atoms with Crippen LogP contribution in [0.15, 0.2) is 15.3 Å². The van der Waals surface area contributed by atoms with Crippen molar-refractivity contribution in [3.8, 4) is 0 Å². The van der Waals surface area contributed by atoms with Gasteiger partial charge in [0.1, 0.15) is 0 Å². The first-order valence-corrected chi connectivity index (χ1v) is 3.72. The second-order valence-electron chi connectivity index (χ2n) is 1.26. The number of halogens is 1. The Labute approximate surface area is 64.2 Å². The van der Waals surface area contributed by atoms with Gasteiger partial charge in [-0.25, -0.2) is 4.98 Å². The number of hydrogen-bond donors (Lipinski definition) is 1. The molecule has 1 N–H and O–H groups in total. The van der Waals surface area contributed by atoms with Crippen LogP contribution < -0.4 is 0 Å². The minimum absolute atomic E-state index is 0.789. The van der Waals surface area contributed by atoms with E-state index in [1.54, 1.807) is 6.20 Å². The molecule has 0 saturated heterocycles. The molecule has 0 bridgehead atoms. The summed E-state index contributed by atoms with van der Waals surface area (Å²) in [7, 11) is 0. The maximum atomic E-state index is 8.06. The number of aromatic nitrogens is 1. The summed E-state index contributed by atoms with van der Waals surface area (Å²) in [6.45, 7) is 0. The summed E-state index contributed by atoms with van der Waals surface area (Å²) < 4.78 is 0.789. The van der Waals surface area contributed by atoms with Gasteiger partial charge in [-0.2, -0.15) is 0 Å². The lowest BCUT2D eigenvalue weighted by Gasteiger charge is -1.72. The molecule has 0 aliphatic rings. The Balaban J connectivity index is 2.85. The predicted octanol–water partition coefficient (Wildman–Crippen LogP) is 1.71. The van der Waals surface area contributed by atoms with E-state index in [4.69, 9.17) is 5.21 Å². The lowest BCUT2D eigenvalue weighted by atomic mass is 10.6. The molecule has 48 valence electrons. The number of nitrogens with zero attached hydrogens (tertiary/aromatic N) is 2. The van der Waals surface area contributed by atoms with Gasteiger partial charge in [0.15, 0.2) is 3.92 Å². The van der Waals surface area contributed by atoms with Crippen LogP contribution in [0.4, 0.5) is 0 Å². The molecule has 1 heterocycles. The van der Waals surface area contributed by atoms with Crippen LogP contribution in [0.5, 0.6) is 0 Å². The monoisotopic (exact) mass is 206 g/mol. The average molecular weight is 207 g/mol. The molecular weight excluding hydrogens is 204 g/mol. The zero-order valence-corrected chi connectivity index (χ0v) is 6.69. The SMILES string of the molecule is O/N=C/c1cnc(Br)s1. The molecular formula is C4H3BrN2OS. The first-order valence-electron chi connectivity index (χ1n) is 2.11. The molecule has 0 amide bonds. The first kappa shape index (κ1) is 6.70. The quantitative estimate of drug-likeness (QED) is 0.432. The van der Waals surface area contributed by atoms with Gasteiger partial charge in [0.05, 0.1) is 11.1 Å². The Morgan fingerprint density at radius 1 is 1.89 bits per heavy atom. The summed E-state index contributed by atoms with van der Waals surface area (Å²) in [5.74, 6) is 0. The van der Waals surface area contributed by atoms with Gasteiger partial charge in [0.2, 0.25) is 0 Å². The van der Waals surface area contributed by atoms with E-state index in [1.807, 2.05) is 0 Å². The predicted molar refractivity (Wildman–Crippen MR) is 39.2 cm³/mol. The number of oxime groups is 1. The van der Waals surface area contributed by atoms with Gasteiger partial charge in [-0.3, -0.25) is 0 Å². The van der Waals surface area contributed by atoms with Crippen LogP contribution in [0.3, 0.4) is 0 Å². The molecule has 0 aliphatic carbocycles. The second kappa shape index (κ2) is 2.93. The molecule has 1 aromatic rings. The third-order valence-corrected chi connectivity index (χ3v) is 2.09. The zero-order chi connectivity index (χ0) is 6.69. The highest BCUT2D eigenvalue weighted by atomic mass is 79.9. The van der Waals surface area contributed by atoms with Crippen LogP contribution in [-0.4, -0.2) is 16.4 Å². The molecule has 5 heteroatoms. The van der Waals surface area contributed by atoms with Crippen LogP contribution in [0.2, 0.25) is 0 Å². The fourth-order valence-electron chi connectivity index (χ4n) is 0.381. The van der Waals surface area contributed by atoms with Gasteiger partial charge >= 0.3 is 0 Å². The summed E-state index contributed by atoms with van der Waals surface area (Å²) in [5.41, 5.74) is 0. The second-order valence-corrected chi connectivity index (χ2v) is 3.60. The van der Waals surface area contributed by atoms with Crippen molar-refractivity contribution >= 4 is 33.5 Å². The molecule has 3 nitrogen and oxygen atoms in total. The maximum Gasteiger partial charge on any atom is 0.159 e. The van der Waals surface area contributed by atoms with Gasteiger partial charge in [-0.05, 0) is 15.9 Å². The third-order valence-electron chi connectivity index (χ3n) is 0.680. The van der Waals surface area contributed by atoms with E-state index in [-0.39, 0.29) is 0 Å². The van der Waals surface area contributed by atoms with Crippen molar-refractivity contribution in [1.82, 2.24) is 4.98 Å². The smallest absolute Gasteiger partial charge is 0.159 e. The van der Waals surface area contributed by atoms with Crippen LogP contribution >= 0.6 is 27.3 Å². The molecule has 0 atom stereocenters. The minimum Gasteiger partial charge on any atom is -0.411 e. The number of thiazole rings is 1. The molecule has 0 fully saturated rings. The third kappa shape index (κ3) is 1.76. The van der Waals surface area contributed by atoms with Crippen molar-refractivity contribution in [3.63, 3.8) is 0 Å². The lowest BCUT2D eigenvalue weighted by molar-refractivity contribution is 0.322. The van der Waals surface area contributed by atoms with Crippen LogP contribution in [-0.2, 0) is 0 Å². The summed E-state index contributed by atoms with van der Waals surface area (Å²) >= 11 is 4.57. The summed E-state index contributed by atoms with van der Waals surface area (Å²) in [4.78, 5) is 4.69. The van der Waals surface area contributed by atoms with Crippen molar-refractivity contribution in [1.29, 1.82) is 0 Å². The van der Waals surface area contributed by atoms with E-state index in [1.165, 1.54) is 17.6 Å². The zero-order valence-electron chi connectivity index (χ0n) is 4.28. The van der Waals surface area contributed by atoms with Gasteiger partial charge in [0.25, 0.3) is 0 Å². The van der Waals surface area contributed by atoms with E-state index in [2.05, 4.69) is 26.1 Å². The Morgan fingerprint density at radius 2 is 2.67 bits per heavy atom. The molecule has 0 unspecified atom stereocenters.